The molecule has 0 amide bonds. The minimum absolute atomic E-state index is 0.0908. The van der Waals surface area contributed by atoms with Crippen molar-refractivity contribution in [3.8, 4) is 0 Å². The molecular weight excluding hydrogens is 152 g/mol. The Labute approximate surface area is 71.5 Å². The molecule has 1 aromatic carbocycles. The van der Waals surface area contributed by atoms with Crippen LogP contribution in [0, 0.1) is 0 Å². The highest BCUT2D eigenvalue weighted by Gasteiger charge is 2.36. The molecule has 0 bridgehead atoms. The summed E-state index contributed by atoms with van der Waals surface area (Å²) in [6.07, 6.45) is 0.753. The molecule has 1 aromatic rings. The second-order valence-electron chi connectivity index (χ2n) is 3.31. The van der Waals surface area contributed by atoms with E-state index < -0.39 is 0 Å². The predicted octanol–water partition coefficient (Wildman–Crippen LogP) is 1.03. The molecule has 2 rings (SSSR count). The van der Waals surface area contributed by atoms with Gasteiger partial charge in [0, 0.05) is 5.92 Å². The van der Waals surface area contributed by atoms with Gasteiger partial charge in [-0.25, -0.2) is 0 Å². The second kappa shape index (κ2) is 2.88. The van der Waals surface area contributed by atoms with Crippen molar-refractivity contribution in [2.24, 2.45) is 0 Å². The molecule has 1 fully saturated rings. The van der Waals surface area contributed by atoms with Gasteiger partial charge in [0.05, 0.1) is 12.7 Å². The summed E-state index contributed by atoms with van der Waals surface area (Å²) in [6.45, 7) is 0.0908. The Hall–Kier alpha value is -0.860. The van der Waals surface area contributed by atoms with Crippen LogP contribution >= 0.6 is 0 Å². The fraction of sp³-hybridized carbons (Fsp3) is 0.400. The average molecular weight is 164 g/mol. The molecule has 0 spiro atoms. The monoisotopic (exact) mass is 164 g/mol. The third-order valence-corrected chi connectivity index (χ3v) is 2.35. The number of aliphatic hydroxyl groups is 2. The Morgan fingerprint density at radius 1 is 1.25 bits per heavy atom. The number of hydrogen-bond acceptors (Lipinski definition) is 2. The van der Waals surface area contributed by atoms with Gasteiger partial charge in [0.15, 0.2) is 0 Å². The number of hydrogen-bond donors (Lipinski definition) is 2. The van der Waals surface area contributed by atoms with Crippen molar-refractivity contribution in [3.63, 3.8) is 0 Å². The Bertz CT molecular complexity index is 266. The van der Waals surface area contributed by atoms with E-state index in [9.17, 15) is 0 Å². The second-order valence-corrected chi connectivity index (χ2v) is 3.31. The van der Waals surface area contributed by atoms with Crippen LogP contribution in [0.4, 0.5) is 0 Å². The Kier molecular flexibility index (Phi) is 1.87. The number of aliphatic hydroxyl groups excluding tert-OH is 2. The van der Waals surface area contributed by atoms with Crippen molar-refractivity contribution < 1.29 is 10.2 Å². The third kappa shape index (κ3) is 1.36. The zero-order valence-corrected chi connectivity index (χ0v) is 6.77. The van der Waals surface area contributed by atoms with E-state index in [1.54, 1.807) is 0 Å². The standard InChI is InChI=1S/C10H12O2/c11-6-7-1-3-8(4-2-7)9-5-10(9)12/h1-4,9-12H,5-6H2. The van der Waals surface area contributed by atoms with Crippen LogP contribution in [-0.4, -0.2) is 16.3 Å². The summed E-state index contributed by atoms with van der Waals surface area (Å²) in [5.41, 5.74) is 2.11. The highest BCUT2D eigenvalue weighted by atomic mass is 16.3. The summed E-state index contributed by atoms with van der Waals surface area (Å²) >= 11 is 0. The Morgan fingerprint density at radius 3 is 2.25 bits per heavy atom. The largest absolute Gasteiger partial charge is 0.392 e. The van der Waals surface area contributed by atoms with E-state index in [0.717, 1.165) is 12.0 Å². The summed E-state index contributed by atoms with van der Waals surface area (Å²) in [6, 6.07) is 7.76. The van der Waals surface area contributed by atoms with Gasteiger partial charge in [-0.2, -0.15) is 0 Å². The first-order valence-corrected chi connectivity index (χ1v) is 4.19. The van der Waals surface area contributed by atoms with Crippen LogP contribution in [0.1, 0.15) is 23.5 Å². The van der Waals surface area contributed by atoms with Crippen molar-refractivity contribution in [1.29, 1.82) is 0 Å². The van der Waals surface area contributed by atoms with Crippen molar-refractivity contribution in [2.45, 2.75) is 25.0 Å². The van der Waals surface area contributed by atoms with Crippen LogP contribution < -0.4 is 0 Å². The molecule has 0 heterocycles. The van der Waals surface area contributed by atoms with Crippen LogP contribution in [0.15, 0.2) is 24.3 Å². The van der Waals surface area contributed by atoms with Gasteiger partial charge < -0.3 is 10.2 Å². The van der Waals surface area contributed by atoms with E-state index in [1.165, 1.54) is 5.56 Å². The lowest BCUT2D eigenvalue weighted by molar-refractivity contribution is 0.271. The lowest BCUT2D eigenvalue weighted by Crippen LogP contribution is -1.87. The third-order valence-electron chi connectivity index (χ3n) is 2.35. The van der Waals surface area contributed by atoms with Crippen LogP contribution in [0.25, 0.3) is 0 Å². The summed E-state index contributed by atoms with van der Waals surface area (Å²) in [5.74, 6) is 0.345. The Balaban J connectivity index is 2.14. The van der Waals surface area contributed by atoms with E-state index in [-0.39, 0.29) is 12.7 Å². The highest BCUT2D eigenvalue weighted by Crippen LogP contribution is 2.40. The van der Waals surface area contributed by atoms with E-state index >= 15 is 0 Å². The lowest BCUT2D eigenvalue weighted by Gasteiger charge is -1.99. The molecule has 12 heavy (non-hydrogen) atoms. The average Bonchev–Trinajstić information content (AvgIpc) is 2.83. The van der Waals surface area contributed by atoms with Crippen molar-refractivity contribution in [3.05, 3.63) is 35.4 Å². The SMILES string of the molecule is OCc1ccc(C2CC2O)cc1. The Morgan fingerprint density at radius 2 is 1.83 bits per heavy atom. The molecule has 1 aliphatic carbocycles. The van der Waals surface area contributed by atoms with Gasteiger partial charge in [0.25, 0.3) is 0 Å². The smallest absolute Gasteiger partial charge is 0.0681 e. The van der Waals surface area contributed by atoms with Gasteiger partial charge in [-0.15, -0.1) is 0 Å². The maximum absolute atomic E-state index is 9.16. The molecule has 2 N–H and O–H groups in total. The van der Waals surface area contributed by atoms with E-state index in [2.05, 4.69) is 0 Å². The first kappa shape index (κ1) is 7.77. The molecule has 1 saturated carbocycles. The summed E-state index contributed by atoms with van der Waals surface area (Å²) < 4.78 is 0. The molecule has 0 saturated heterocycles. The van der Waals surface area contributed by atoms with Crippen LogP contribution in [0.5, 0.6) is 0 Å². The minimum Gasteiger partial charge on any atom is -0.392 e. The first-order chi connectivity index (χ1) is 5.81. The van der Waals surface area contributed by atoms with E-state index in [0.29, 0.717) is 5.92 Å². The molecule has 2 atom stereocenters. The zero-order chi connectivity index (χ0) is 8.55. The number of benzene rings is 1. The van der Waals surface area contributed by atoms with Gasteiger partial charge in [-0.05, 0) is 17.5 Å². The quantitative estimate of drug-likeness (QED) is 0.685. The summed E-state index contributed by atoms with van der Waals surface area (Å²) in [5, 5.41) is 17.9. The predicted molar refractivity (Wildman–Crippen MR) is 45.7 cm³/mol. The fourth-order valence-electron chi connectivity index (χ4n) is 1.41. The topological polar surface area (TPSA) is 40.5 Å². The molecular formula is C10H12O2. The van der Waals surface area contributed by atoms with Crippen molar-refractivity contribution >= 4 is 0 Å². The fourth-order valence-corrected chi connectivity index (χ4v) is 1.41. The molecule has 0 aromatic heterocycles. The zero-order valence-electron chi connectivity index (χ0n) is 6.77. The molecule has 2 nitrogen and oxygen atoms in total. The van der Waals surface area contributed by atoms with Crippen molar-refractivity contribution in [2.75, 3.05) is 0 Å². The van der Waals surface area contributed by atoms with Gasteiger partial charge in [0.1, 0.15) is 0 Å². The number of rotatable bonds is 2. The molecule has 2 heteroatoms. The van der Waals surface area contributed by atoms with Gasteiger partial charge in [-0.1, -0.05) is 24.3 Å². The summed E-state index contributed by atoms with van der Waals surface area (Å²) in [4.78, 5) is 0. The molecule has 0 radical (unpaired) electrons. The summed E-state index contributed by atoms with van der Waals surface area (Å²) in [7, 11) is 0. The maximum atomic E-state index is 9.16. The van der Waals surface area contributed by atoms with E-state index in [1.807, 2.05) is 24.3 Å². The molecule has 0 aliphatic heterocycles. The maximum Gasteiger partial charge on any atom is 0.0681 e. The minimum atomic E-state index is -0.134. The molecule has 1 aliphatic rings. The van der Waals surface area contributed by atoms with Gasteiger partial charge >= 0.3 is 0 Å². The normalized spacial score (nSPS) is 27.2. The highest BCUT2D eigenvalue weighted by molar-refractivity contribution is 5.29. The van der Waals surface area contributed by atoms with Crippen molar-refractivity contribution in [1.82, 2.24) is 0 Å². The van der Waals surface area contributed by atoms with E-state index in [4.69, 9.17) is 10.2 Å². The first-order valence-electron chi connectivity index (χ1n) is 4.19. The molecule has 64 valence electrons. The molecule has 2 unspecified atom stereocenters. The van der Waals surface area contributed by atoms with Crippen LogP contribution in [0.2, 0.25) is 0 Å². The lowest BCUT2D eigenvalue weighted by atomic mass is 10.1. The van der Waals surface area contributed by atoms with Gasteiger partial charge in [0.2, 0.25) is 0 Å². The van der Waals surface area contributed by atoms with Gasteiger partial charge in [-0.3, -0.25) is 0 Å². The van der Waals surface area contributed by atoms with Crippen LogP contribution in [0.3, 0.4) is 0 Å². The van der Waals surface area contributed by atoms with Crippen LogP contribution in [-0.2, 0) is 6.61 Å².